The summed E-state index contributed by atoms with van der Waals surface area (Å²) in [7, 11) is 0. The molecule has 2 aliphatic rings. The van der Waals surface area contributed by atoms with Gasteiger partial charge in [0.25, 0.3) is 0 Å². The van der Waals surface area contributed by atoms with Crippen molar-refractivity contribution in [2.45, 2.75) is 52.2 Å². The number of benzene rings is 1. The first-order chi connectivity index (χ1) is 12.3. The number of rotatable bonds is 3. The number of carbonyl (C=O) groups excluding carboxylic acids is 2. The molecule has 0 bridgehead atoms. The molecule has 5 nitrogen and oxygen atoms in total. The van der Waals surface area contributed by atoms with Crippen LogP contribution in [0.1, 0.15) is 40.0 Å². The quantitative estimate of drug-likeness (QED) is 0.734. The molecule has 26 heavy (non-hydrogen) atoms. The first-order valence-electron chi connectivity index (χ1n) is 8.79. The zero-order valence-corrected chi connectivity index (χ0v) is 15.9. The number of ketones is 1. The summed E-state index contributed by atoms with van der Waals surface area (Å²) in [6.45, 7) is 5.47. The standard InChI is InChI=1S/C20H23ClO5/c1-20(2,3)19(23)25-12-8-9-13-16(10-12)24-11-17(18(13)22)26-15-7-5-4-6-14(15)21/h4-7,11-13,16H,8-10H2,1-3H3. The lowest BCUT2D eigenvalue weighted by molar-refractivity contribution is -0.164. The number of hydrogen-bond acceptors (Lipinski definition) is 5. The van der Waals surface area contributed by atoms with Gasteiger partial charge in [-0.15, -0.1) is 0 Å². The summed E-state index contributed by atoms with van der Waals surface area (Å²) >= 11 is 6.08. The Balaban J connectivity index is 1.65. The molecule has 1 aliphatic heterocycles. The lowest BCUT2D eigenvalue weighted by atomic mass is 9.80. The second-order valence-electron chi connectivity index (χ2n) is 7.75. The average Bonchev–Trinajstić information content (AvgIpc) is 2.58. The molecule has 0 spiro atoms. The van der Waals surface area contributed by atoms with Gasteiger partial charge < -0.3 is 14.2 Å². The van der Waals surface area contributed by atoms with Gasteiger partial charge in [-0.05, 0) is 45.7 Å². The summed E-state index contributed by atoms with van der Waals surface area (Å²) in [5.74, 6) is -0.0432. The van der Waals surface area contributed by atoms with E-state index in [2.05, 4.69) is 0 Å². The molecule has 1 saturated carbocycles. The number of Topliss-reactive ketones (excluding diaryl/α,β-unsaturated/α-hetero) is 1. The maximum absolute atomic E-state index is 12.7. The molecule has 0 amide bonds. The Hall–Kier alpha value is -2.01. The molecule has 140 valence electrons. The van der Waals surface area contributed by atoms with Crippen molar-refractivity contribution >= 4 is 23.4 Å². The van der Waals surface area contributed by atoms with Crippen LogP contribution in [0.5, 0.6) is 5.75 Å². The number of halogens is 1. The fraction of sp³-hybridized carbons (Fsp3) is 0.500. The summed E-state index contributed by atoms with van der Waals surface area (Å²) in [6.07, 6.45) is 2.56. The van der Waals surface area contributed by atoms with E-state index in [1.807, 2.05) is 20.8 Å². The Bertz CT molecular complexity index is 734. The van der Waals surface area contributed by atoms with Gasteiger partial charge in [0, 0.05) is 6.42 Å². The third-order valence-electron chi connectivity index (χ3n) is 4.62. The number of fused-ring (bicyclic) bond motifs is 1. The highest BCUT2D eigenvalue weighted by molar-refractivity contribution is 6.32. The second-order valence-corrected chi connectivity index (χ2v) is 8.16. The van der Waals surface area contributed by atoms with Crippen molar-refractivity contribution in [3.05, 3.63) is 41.3 Å². The molecule has 3 unspecified atom stereocenters. The summed E-state index contributed by atoms with van der Waals surface area (Å²) in [4.78, 5) is 24.8. The molecule has 0 radical (unpaired) electrons. The van der Waals surface area contributed by atoms with Crippen molar-refractivity contribution in [2.75, 3.05) is 0 Å². The Morgan fingerprint density at radius 3 is 2.65 bits per heavy atom. The van der Waals surface area contributed by atoms with Gasteiger partial charge in [0.15, 0.2) is 0 Å². The Kier molecular flexibility index (Phi) is 5.28. The summed E-state index contributed by atoms with van der Waals surface area (Å²) in [5.41, 5.74) is -0.546. The Labute approximate surface area is 158 Å². The van der Waals surface area contributed by atoms with Crippen LogP contribution in [0.2, 0.25) is 5.02 Å². The van der Waals surface area contributed by atoms with Crippen LogP contribution in [0.25, 0.3) is 0 Å². The molecule has 0 aromatic heterocycles. The third-order valence-corrected chi connectivity index (χ3v) is 4.93. The van der Waals surface area contributed by atoms with Gasteiger partial charge in [0.1, 0.15) is 24.2 Å². The first kappa shape index (κ1) is 18.8. The predicted octanol–water partition coefficient (Wildman–Crippen LogP) is 4.29. The molecule has 1 fully saturated rings. The van der Waals surface area contributed by atoms with Crippen molar-refractivity contribution in [3.63, 3.8) is 0 Å². The van der Waals surface area contributed by atoms with Gasteiger partial charge in [-0.1, -0.05) is 23.7 Å². The zero-order chi connectivity index (χ0) is 18.9. The van der Waals surface area contributed by atoms with E-state index >= 15 is 0 Å². The maximum Gasteiger partial charge on any atom is 0.311 e. The highest BCUT2D eigenvalue weighted by Crippen LogP contribution is 2.36. The van der Waals surface area contributed by atoms with E-state index < -0.39 is 5.41 Å². The van der Waals surface area contributed by atoms with Crippen molar-refractivity contribution in [2.24, 2.45) is 11.3 Å². The molecule has 0 saturated heterocycles. The lowest BCUT2D eigenvalue weighted by Crippen LogP contribution is -2.43. The van der Waals surface area contributed by atoms with Crippen LogP contribution in [0, 0.1) is 11.3 Å². The molecule has 0 N–H and O–H groups in total. The SMILES string of the molecule is CC(C)(C)C(=O)OC1CCC2C(=O)C(Oc3ccccc3Cl)=COC2C1. The number of ether oxygens (including phenoxy) is 3. The fourth-order valence-corrected chi connectivity index (χ4v) is 3.26. The minimum Gasteiger partial charge on any atom is -0.493 e. The third kappa shape index (κ3) is 4.04. The number of hydrogen-bond donors (Lipinski definition) is 0. The summed E-state index contributed by atoms with van der Waals surface area (Å²) in [5, 5.41) is 0.432. The highest BCUT2D eigenvalue weighted by Gasteiger charge is 2.42. The van der Waals surface area contributed by atoms with Crippen molar-refractivity contribution in [1.29, 1.82) is 0 Å². The molecule has 3 atom stereocenters. The highest BCUT2D eigenvalue weighted by atomic mass is 35.5. The molecular formula is C20H23ClO5. The predicted molar refractivity (Wildman–Crippen MR) is 96.7 cm³/mol. The van der Waals surface area contributed by atoms with E-state index in [1.165, 1.54) is 6.26 Å². The maximum atomic E-state index is 12.7. The summed E-state index contributed by atoms with van der Waals surface area (Å²) in [6, 6.07) is 6.97. The lowest BCUT2D eigenvalue weighted by Gasteiger charge is -2.37. The van der Waals surface area contributed by atoms with E-state index in [4.69, 9.17) is 25.8 Å². The molecule has 1 aromatic rings. The zero-order valence-electron chi connectivity index (χ0n) is 15.2. The van der Waals surface area contributed by atoms with Crippen LogP contribution in [-0.2, 0) is 19.1 Å². The normalized spacial score (nSPS) is 25.6. The van der Waals surface area contributed by atoms with Crippen LogP contribution < -0.4 is 4.74 Å². The van der Waals surface area contributed by atoms with Gasteiger partial charge >= 0.3 is 5.97 Å². The molecule has 6 heteroatoms. The van der Waals surface area contributed by atoms with Crippen molar-refractivity contribution in [3.8, 4) is 5.75 Å². The largest absolute Gasteiger partial charge is 0.493 e. The van der Waals surface area contributed by atoms with Crippen LogP contribution in [0.3, 0.4) is 0 Å². The van der Waals surface area contributed by atoms with E-state index in [9.17, 15) is 9.59 Å². The van der Waals surface area contributed by atoms with Crippen molar-refractivity contribution in [1.82, 2.24) is 0 Å². The number of allylic oxidation sites excluding steroid dienone is 1. The van der Waals surface area contributed by atoms with Crippen LogP contribution >= 0.6 is 11.6 Å². The second kappa shape index (κ2) is 7.31. The van der Waals surface area contributed by atoms with E-state index in [1.54, 1.807) is 24.3 Å². The van der Waals surface area contributed by atoms with Gasteiger partial charge in [0.2, 0.25) is 11.5 Å². The smallest absolute Gasteiger partial charge is 0.311 e. The van der Waals surface area contributed by atoms with Crippen LogP contribution in [-0.4, -0.2) is 24.0 Å². The Morgan fingerprint density at radius 1 is 1.23 bits per heavy atom. The molecular weight excluding hydrogens is 356 g/mol. The first-order valence-corrected chi connectivity index (χ1v) is 9.17. The van der Waals surface area contributed by atoms with Crippen LogP contribution in [0.15, 0.2) is 36.3 Å². The average molecular weight is 379 g/mol. The molecule has 1 heterocycles. The van der Waals surface area contributed by atoms with Crippen molar-refractivity contribution < 1.29 is 23.8 Å². The number of para-hydroxylation sites is 1. The summed E-state index contributed by atoms with van der Waals surface area (Å²) < 4.78 is 17.0. The monoisotopic (exact) mass is 378 g/mol. The topological polar surface area (TPSA) is 61.8 Å². The molecule has 3 rings (SSSR count). The number of carbonyl (C=O) groups is 2. The van der Waals surface area contributed by atoms with Gasteiger partial charge in [-0.25, -0.2) is 0 Å². The minimum absolute atomic E-state index is 0.0956. The van der Waals surface area contributed by atoms with Gasteiger partial charge in [-0.3, -0.25) is 9.59 Å². The van der Waals surface area contributed by atoms with E-state index in [0.717, 1.165) is 0 Å². The minimum atomic E-state index is -0.546. The van der Waals surface area contributed by atoms with Gasteiger partial charge in [0.05, 0.1) is 16.4 Å². The molecule has 1 aliphatic carbocycles. The Morgan fingerprint density at radius 2 is 1.96 bits per heavy atom. The van der Waals surface area contributed by atoms with E-state index in [-0.39, 0.29) is 35.6 Å². The number of esters is 1. The fourth-order valence-electron chi connectivity index (χ4n) is 3.09. The van der Waals surface area contributed by atoms with Gasteiger partial charge in [-0.2, -0.15) is 0 Å². The van der Waals surface area contributed by atoms with Crippen LogP contribution in [0.4, 0.5) is 0 Å². The molecule has 1 aromatic carbocycles. The van der Waals surface area contributed by atoms with E-state index in [0.29, 0.717) is 30.0 Å².